The van der Waals surface area contributed by atoms with E-state index in [0.29, 0.717) is 6.42 Å². The zero-order valence-electron chi connectivity index (χ0n) is 11.4. The van der Waals surface area contributed by atoms with Gasteiger partial charge in [-0.25, -0.2) is 9.86 Å². The van der Waals surface area contributed by atoms with Crippen molar-refractivity contribution in [2.45, 2.75) is 45.8 Å². The van der Waals surface area contributed by atoms with Crippen molar-refractivity contribution in [2.75, 3.05) is 14.2 Å². The van der Waals surface area contributed by atoms with E-state index in [4.69, 9.17) is 9.57 Å². The molecule has 0 aromatic heterocycles. The van der Waals surface area contributed by atoms with E-state index in [9.17, 15) is 9.59 Å². The van der Waals surface area contributed by atoms with Crippen LogP contribution in [0, 0.1) is 0 Å². The summed E-state index contributed by atoms with van der Waals surface area (Å²) in [6.07, 6.45) is -0.145. The monoisotopic (exact) mass is 248 g/mol. The number of nitrogens with zero attached hydrogens (tertiary/aromatic N) is 1. The van der Waals surface area contributed by atoms with Crippen molar-refractivity contribution in [3.8, 4) is 0 Å². The number of likely N-dealkylation sites (N-methyl/N-ethyl adjacent to an activating group) is 1. The molecule has 1 atom stereocenters. The molecule has 2 amide bonds. The van der Waals surface area contributed by atoms with Gasteiger partial charge in [-0.15, -0.1) is 0 Å². The van der Waals surface area contributed by atoms with Crippen LogP contribution in [0.1, 0.15) is 35.5 Å². The Hall–Kier alpha value is -1.30. The summed E-state index contributed by atoms with van der Waals surface area (Å²) in [7, 11) is 2.87. The molecule has 0 fully saturated rings. The van der Waals surface area contributed by atoms with Gasteiger partial charge in [0, 0.05) is 8.47 Å². The minimum atomic E-state index is -0.644. The predicted molar refractivity (Wildman–Crippen MR) is 65.3 cm³/mol. The largest absolute Gasteiger partial charge is 0.444 e. The summed E-state index contributed by atoms with van der Waals surface area (Å²) in [5.41, 5.74) is -0.585. The zero-order chi connectivity index (χ0) is 13.6. The second kappa shape index (κ2) is 6.44. The van der Waals surface area contributed by atoms with Crippen molar-refractivity contribution in [3.63, 3.8) is 0 Å². The first-order chi connectivity index (χ1) is 7.71. The van der Waals surface area contributed by atoms with Crippen LogP contribution >= 0.6 is 0 Å². The number of alkyl carbamates (subject to hydrolysis) is 1. The van der Waals surface area contributed by atoms with Gasteiger partial charge in [0.25, 0.3) is 5.91 Å². The third-order valence-corrected chi connectivity index (χ3v) is 1.98. The molecule has 0 spiro atoms. The van der Waals surface area contributed by atoms with Crippen molar-refractivity contribution >= 4 is 12.0 Å². The molecule has 0 aromatic carbocycles. The van der Waals surface area contributed by atoms with E-state index < -0.39 is 17.7 Å². The van der Waals surface area contributed by atoms with Gasteiger partial charge in [0.05, 0.1) is 7.11 Å². The van der Waals surface area contributed by atoms with Crippen LogP contribution in [0.4, 0.5) is 4.79 Å². The number of carbonyl (C=O) groups excluding carboxylic acids is 2. The van der Waals surface area contributed by atoms with Crippen molar-refractivity contribution in [2.24, 2.45) is 0 Å². The molecule has 0 radical (unpaired) electrons. The average molecular weight is 248 g/mol. The molecule has 0 aliphatic carbocycles. The first kappa shape index (κ1) is 15.7. The molecule has 0 bridgehead atoms. The van der Waals surface area contributed by atoms with Crippen LogP contribution in [0.3, 0.4) is 0 Å². The molecule has 1 N–H and O–H groups in total. The molecular weight excluding hydrogens is 224 g/mol. The van der Waals surface area contributed by atoms with E-state index in [2.05, 4.69) is 5.32 Å². The molecule has 102 valence electrons. The van der Waals surface area contributed by atoms with Crippen molar-refractivity contribution in [1.82, 2.24) is 10.4 Å². The second-order valence-electron chi connectivity index (χ2n) is 4.63. The second-order valence-corrected chi connectivity index (χ2v) is 4.63. The minimum absolute atomic E-state index is 0. The lowest BCUT2D eigenvalue weighted by Gasteiger charge is -2.24. The molecule has 0 aliphatic heterocycles. The van der Waals surface area contributed by atoms with E-state index in [1.807, 2.05) is 0 Å². The number of nitrogens with one attached hydrogen (secondary N) is 1. The Morgan fingerprint density at radius 3 is 2.29 bits per heavy atom. The Morgan fingerprint density at radius 1 is 1.41 bits per heavy atom. The Kier molecular flexibility index (Phi) is 5.95. The van der Waals surface area contributed by atoms with Crippen molar-refractivity contribution in [3.05, 3.63) is 0 Å². The van der Waals surface area contributed by atoms with E-state index >= 15 is 0 Å². The van der Waals surface area contributed by atoms with Gasteiger partial charge in [0.15, 0.2) is 0 Å². The van der Waals surface area contributed by atoms with Crippen LogP contribution in [0.2, 0.25) is 0 Å². The highest BCUT2D eigenvalue weighted by Crippen LogP contribution is 2.07. The van der Waals surface area contributed by atoms with Gasteiger partial charge >= 0.3 is 6.09 Å². The van der Waals surface area contributed by atoms with Crippen LogP contribution in [-0.2, 0) is 14.4 Å². The topological polar surface area (TPSA) is 67.9 Å². The number of carbonyl (C=O) groups is 2. The van der Waals surface area contributed by atoms with Crippen molar-refractivity contribution < 1.29 is 20.6 Å². The number of ether oxygens (including phenoxy) is 1. The molecular formula is C11H24N2O4. The lowest BCUT2D eigenvalue weighted by Crippen LogP contribution is -2.48. The molecule has 0 unspecified atom stereocenters. The molecule has 6 heteroatoms. The highest BCUT2D eigenvalue weighted by molar-refractivity contribution is 5.84. The van der Waals surface area contributed by atoms with E-state index in [1.165, 1.54) is 14.2 Å². The molecule has 0 heterocycles. The number of rotatable bonds is 4. The summed E-state index contributed by atoms with van der Waals surface area (Å²) in [5, 5.41) is 3.58. The summed E-state index contributed by atoms with van der Waals surface area (Å²) in [6.45, 7) is 7.08. The Morgan fingerprint density at radius 2 is 1.94 bits per heavy atom. The molecule has 0 aromatic rings. The third kappa shape index (κ3) is 6.11. The fraction of sp³-hybridized carbons (Fsp3) is 0.818. The first-order valence-electron chi connectivity index (χ1n) is 5.52. The highest BCUT2D eigenvalue weighted by Gasteiger charge is 2.25. The van der Waals surface area contributed by atoms with Gasteiger partial charge in [-0.1, -0.05) is 6.92 Å². The fourth-order valence-corrected chi connectivity index (χ4v) is 1.10. The lowest BCUT2D eigenvalue weighted by atomic mass is 10.2. The molecule has 0 aliphatic rings. The van der Waals surface area contributed by atoms with Crippen LogP contribution in [-0.4, -0.2) is 42.9 Å². The third-order valence-electron chi connectivity index (χ3n) is 1.98. The number of hydrogen-bond donors (Lipinski definition) is 1. The van der Waals surface area contributed by atoms with E-state index in [1.54, 1.807) is 27.7 Å². The molecule has 0 rings (SSSR count). The van der Waals surface area contributed by atoms with Crippen LogP contribution in [0.15, 0.2) is 0 Å². The smallest absolute Gasteiger partial charge is 0.408 e. The number of amides is 2. The Labute approximate surface area is 104 Å². The molecule has 6 nitrogen and oxygen atoms in total. The summed E-state index contributed by atoms with van der Waals surface area (Å²) < 4.78 is 5.07. The van der Waals surface area contributed by atoms with Gasteiger partial charge in [-0.2, -0.15) is 0 Å². The highest BCUT2D eigenvalue weighted by atomic mass is 16.7. The average Bonchev–Trinajstić information content (AvgIpc) is 2.21. The maximum Gasteiger partial charge on any atom is 0.408 e. The van der Waals surface area contributed by atoms with Gasteiger partial charge in [-0.3, -0.25) is 9.63 Å². The van der Waals surface area contributed by atoms with Crippen molar-refractivity contribution in [1.29, 1.82) is 0 Å². The first-order valence-corrected chi connectivity index (χ1v) is 5.52. The molecule has 0 saturated carbocycles. The maximum atomic E-state index is 11.7. The van der Waals surface area contributed by atoms with Gasteiger partial charge in [-0.05, 0) is 27.2 Å². The van der Waals surface area contributed by atoms with Crippen LogP contribution in [0.5, 0.6) is 0 Å². The van der Waals surface area contributed by atoms with Crippen LogP contribution in [0.25, 0.3) is 0 Å². The van der Waals surface area contributed by atoms with Gasteiger partial charge in [0.2, 0.25) is 0 Å². The zero-order valence-corrected chi connectivity index (χ0v) is 11.4. The molecule has 0 saturated heterocycles. The fourth-order valence-electron chi connectivity index (χ4n) is 1.10. The quantitative estimate of drug-likeness (QED) is 0.766. The SMILES string of the molecule is CC[C@H](NC(=O)OC(C)(C)C)C(=O)N(C)OC.[HH]. The lowest BCUT2D eigenvalue weighted by molar-refractivity contribution is -0.171. The Balaban J connectivity index is 0. The number of hydrogen-bond acceptors (Lipinski definition) is 4. The van der Waals surface area contributed by atoms with Gasteiger partial charge < -0.3 is 10.1 Å². The Bertz CT molecular complexity index is 279. The summed E-state index contributed by atoms with van der Waals surface area (Å²) in [4.78, 5) is 28.0. The minimum Gasteiger partial charge on any atom is -0.444 e. The standard InChI is InChI=1S/C11H22N2O4.H2/c1-7-8(9(14)13(5)16-6)12-10(15)17-11(2,3)4;/h8H,7H2,1-6H3,(H,12,15);1H/t8-;/m0./s1. The van der Waals surface area contributed by atoms with Gasteiger partial charge in [0.1, 0.15) is 11.6 Å². The summed E-state index contributed by atoms with van der Waals surface area (Å²) >= 11 is 0. The van der Waals surface area contributed by atoms with E-state index in [-0.39, 0.29) is 7.33 Å². The van der Waals surface area contributed by atoms with E-state index in [0.717, 1.165) is 5.06 Å². The normalized spacial score (nSPS) is 12.8. The maximum absolute atomic E-state index is 11.7. The predicted octanol–water partition coefficient (Wildman–Crippen LogP) is 1.56. The summed E-state index contributed by atoms with van der Waals surface area (Å²) in [6, 6.07) is -0.644. The number of hydroxylamine groups is 2. The molecule has 17 heavy (non-hydrogen) atoms. The van der Waals surface area contributed by atoms with Crippen LogP contribution < -0.4 is 5.32 Å². The summed E-state index contributed by atoms with van der Waals surface area (Å²) in [5.74, 6) is -0.319.